The van der Waals surface area contributed by atoms with Crippen LogP contribution in [0, 0.1) is 11.8 Å². The molecule has 17 heavy (non-hydrogen) atoms. The van der Waals surface area contributed by atoms with Gasteiger partial charge in [-0.1, -0.05) is 13.8 Å². The quantitative estimate of drug-likeness (QED) is 0.871. The molecule has 0 bridgehead atoms. The van der Waals surface area contributed by atoms with Crippen molar-refractivity contribution in [2.24, 2.45) is 11.8 Å². The van der Waals surface area contributed by atoms with Crippen molar-refractivity contribution in [2.75, 3.05) is 12.4 Å². The van der Waals surface area contributed by atoms with E-state index >= 15 is 0 Å². The van der Waals surface area contributed by atoms with E-state index in [1.54, 1.807) is 13.3 Å². The monoisotopic (exact) mass is 234 g/mol. The summed E-state index contributed by atoms with van der Waals surface area (Å²) >= 11 is 0. The van der Waals surface area contributed by atoms with Crippen LogP contribution in [0.5, 0.6) is 5.88 Å². The van der Waals surface area contributed by atoms with Gasteiger partial charge in [-0.15, -0.1) is 0 Å². The summed E-state index contributed by atoms with van der Waals surface area (Å²) in [5.74, 6) is 2.31. The molecular formula is C14H22N2O. The summed E-state index contributed by atoms with van der Waals surface area (Å²) < 4.78 is 5.14. The van der Waals surface area contributed by atoms with Gasteiger partial charge < -0.3 is 10.1 Å². The number of hydrogen-bond acceptors (Lipinski definition) is 3. The highest BCUT2D eigenvalue weighted by molar-refractivity contribution is 5.45. The predicted octanol–water partition coefficient (Wildman–Crippen LogP) is 3.33. The van der Waals surface area contributed by atoms with Crippen molar-refractivity contribution in [3.63, 3.8) is 0 Å². The molecule has 0 aliphatic heterocycles. The van der Waals surface area contributed by atoms with Crippen LogP contribution in [0.2, 0.25) is 0 Å². The van der Waals surface area contributed by atoms with Crippen LogP contribution in [0.1, 0.15) is 33.1 Å². The third-order valence-corrected chi connectivity index (χ3v) is 3.49. The number of ether oxygens (including phenoxy) is 1. The highest BCUT2D eigenvalue weighted by Crippen LogP contribution is 2.30. The first kappa shape index (κ1) is 12.2. The van der Waals surface area contributed by atoms with Gasteiger partial charge in [0.2, 0.25) is 5.88 Å². The molecule has 94 valence electrons. The van der Waals surface area contributed by atoms with E-state index in [-0.39, 0.29) is 0 Å². The van der Waals surface area contributed by atoms with Crippen LogP contribution in [0.15, 0.2) is 18.3 Å². The van der Waals surface area contributed by atoms with E-state index in [9.17, 15) is 0 Å². The first-order chi connectivity index (χ1) is 8.17. The van der Waals surface area contributed by atoms with E-state index in [2.05, 4.69) is 24.1 Å². The molecule has 1 heterocycles. The molecule has 0 saturated heterocycles. The number of nitrogens with one attached hydrogen (secondary N) is 1. The summed E-state index contributed by atoms with van der Waals surface area (Å²) in [4.78, 5) is 4.12. The number of nitrogens with zero attached hydrogens (tertiary/aromatic N) is 1. The van der Waals surface area contributed by atoms with Gasteiger partial charge in [-0.3, -0.25) is 0 Å². The van der Waals surface area contributed by atoms with Crippen molar-refractivity contribution < 1.29 is 4.74 Å². The summed E-state index contributed by atoms with van der Waals surface area (Å²) in [6.07, 6.45) is 5.67. The molecule has 0 amide bonds. The third-order valence-electron chi connectivity index (χ3n) is 3.49. The van der Waals surface area contributed by atoms with Crippen LogP contribution in [0.3, 0.4) is 0 Å². The number of pyridine rings is 1. The van der Waals surface area contributed by atoms with Gasteiger partial charge in [-0.2, -0.15) is 0 Å². The third kappa shape index (κ3) is 3.35. The zero-order valence-electron chi connectivity index (χ0n) is 10.9. The normalized spacial score (nSPS) is 28.8. The maximum absolute atomic E-state index is 5.14. The van der Waals surface area contributed by atoms with Gasteiger partial charge in [0, 0.05) is 24.0 Å². The number of aromatic nitrogens is 1. The van der Waals surface area contributed by atoms with E-state index in [0.29, 0.717) is 11.9 Å². The smallest absolute Gasteiger partial charge is 0.214 e. The lowest BCUT2D eigenvalue weighted by Gasteiger charge is -2.32. The minimum absolute atomic E-state index is 0.584. The largest absolute Gasteiger partial charge is 0.481 e. The summed E-state index contributed by atoms with van der Waals surface area (Å²) in [6, 6.07) is 4.55. The molecule has 1 aromatic rings. The van der Waals surface area contributed by atoms with Gasteiger partial charge in [0.1, 0.15) is 0 Å². The minimum Gasteiger partial charge on any atom is -0.481 e. The fourth-order valence-electron chi connectivity index (χ4n) is 2.91. The molecule has 1 aliphatic rings. The van der Waals surface area contributed by atoms with E-state index < -0.39 is 0 Å². The molecule has 1 aliphatic carbocycles. The second-order valence-electron chi connectivity index (χ2n) is 5.35. The number of hydrogen-bond donors (Lipinski definition) is 1. The lowest BCUT2D eigenvalue weighted by atomic mass is 9.80. The average Bonchev–Trinajstić information content (AvgIpc) is 2.28. The number of methoxy groups -OCH3 is 1. The molecule has 1 aromatic heterocycles. The van der Waals surface area contributed by atoms with E-state index in [1.165, 1.54) is 19.3 Å². The van der Waals surface area contributed by atoms with Crippen molar-refractivity contribution in [3.05, 3.63) is 18.3 Å². The summed E-state index contributed by atoms with van der Waals surface area (Å²) in [7, 11) is 1.65. The molecule has 1 fully saturated rings. The standard InChI is InChI=1S/C14H22N2O/c1-10-6-11(2)8-13(7-10)16-12-4-5-15-14(9-12)17-3/h4-5,9-11,13H,6-8H2,1-3H3,(H,15,16). The SMILES string of the molecule is COc1cc(NC2CC(C)CC(C)C2)ccn1. The first-order valence-electron chi connectivity index (χ1n) is 6.44. The van der Waals surface area contributed by atoms with Crippen molar-refractivity contribution >= 4 is 5.69 Å². The maximum Gasteiger partial charge on any atom is 0.214 e. The van der Waals surface area contributed by atoms with Crippen molar-refractivity contribution in [1.29, 1.82) is 0 Å². The molecule has 2 rings (SSSR count). The molecule has 1 saturated carbocycles. The summed E-state index contributed by atoms with van der Waals surface area (Å²) in [5, 5.41) is 3.60. The van der Waals surface area contributed by atoms with Crippen molar-refractivity contribution in [1.82, 2.24) is 4.98 Å². The van der Waals surface area contributed by atoms with Crippen LogP contribution < -0.4 is 10.1 Å². The van der Waals surface area contributed by atoms with Crippen LogP contribution in [-0.4, -0.2) is 18.1 Å². The highest BCUT2D eigenvalue weighted by atomic mass is 16.5. The summed E-state index contributed by atoms with van der Waals surface area (Å²) in [5.41, 5.74) is 1.11. The van der Waals surface area contributed by atoms with Gasteiger partial charge in [0.05, 0.1) is 7.11 Å². The van der Waals surface area contributed by atoms with Gasteiger partial charge in [0.15, 0.2) is 0 Å². The molecule has 0 spiro atoms. The first-order valence-corrected chi connectivity index (χ1v) is 6.44. The fourth-order valence-corrected chi connectivity index (χ4v) is 2.91. The Bertz CT molecular complexity index is 357. The molecule has 3 heteroatoms. The zero-order valence-corrected chi connectivity index (χ0v) is 10.9. The topological polar surface area (TPSA) is 34.1 Å². The summed E-state index contributed by atoms with van der Waals surface area (Å²) in [6.45, 7) is 4.69. The van der Waals surface area contributed by atoms with Crippen LogP contribution in [0.25, 0.3) is 0 Å². The van der Waals surface area contributed by atoms with Crippen LogP contribution in [0.4, 0.5) is 5.69 Å². The second kappa shape index (κ2) is 5.39. The lowest BCUT2D eigenvalue weighted by molar-refractivity contribution is 0.281. The lowest BCUT2D eigenvalue weighted by Crippen LogP contribution is -2.30. The Labute approximate surface area is 104 Å². The van der Waals surface area contributed by atoms with Crippen molar-refractivity contribution in [2.45, 2.75) is 39.2 Å². The molecule has 0 radical (unpaired) electrons. The van der Waals surface area contributed by atoms with E-state index in [4.69, 9.17) is 4.74 Å². The molecule has 3 nitrogen and oxygen atoms in total. The Morgan fingerprint density at radius 3 is 2.59 bits per heavy atom. The van der Waals surface area contributed by atoms with Crippen LogP contribution in [-0.2, 0) is 0 Å². The van der Waals surface area contributed by atoms with Crippen molar-refractivity contribution in [3.8, 4) is 5.88 Å². The molecule has 1 N–H and O–H groups in total. The zero-order chi connectivity index (χ0) is 12.3. The Morgan fingerprint density at radius 1 is 1.24 bits per heavy atom. The Kier molecular flexibility index (Phi) is 3.87. The molecule has 2 atom stereocenters. The fraction of sp³-hybridized carbons (Fsp3) is 0.643. The Morgan fingerprint density at radius 2 is 1.94 bits per heavy atom. The van der Waals surface area contributed by atoms with Crippen LogP contribution >= 0.6 is 0 Å². The van der Waals surface area contributed by atoms with E-state index in [0.717, 1.165) is 17.5 Å². The molecule has 2 unspecified atom stereocenters. The molecular weight excluding hydrogens is 212 g/mol. The van der Waals surface area contributed by atoms with Gasteiger partial charge in [-0.05, 0) is 37.2 Å². The number of anilines is 1. The highest BCUT2D eigenvalue weighted by Gasteiger charge is 2.23. The van der Waals surface area contributed by atoms with Gasteiger partial charge >= 0.3 is 0 Å². The second-order valence-corrected chi connectivity index (χ2v) is 5.35. The maximum atomic E-state index is 5.14. The predicted molar refractivity (Wildman–Crippen MR) is 70.4 cm³/mol. The molecule has 0 aromatic carbocycles. The van der Waals surface area contributed by atoms with E-state index in [1.807, 2.05) is 12.1 Å². The number of rotatable bonds is 3. The Hall–Kier alpha value is -1.25. The average molecular weight is 234 g/mol. The van der Waals surface area contributed by atoms with Gasteiger partial charge in [-0.25, -0.2) is 4.98 Å². The minimum atomic E-state index is 0.584. The van der Waals surface area contributed by atoms with Gasteiger partial charge in [0.25, 0.3) is 0 Å². The Balaban J connectivity index is 1.99.